The predicted octanol–water partition coefficient (Wildman–Crippen LogP) is 3.15. The first-order chi connectivity index (χ1) is 9.25. The number of piperidine rings is 1. The van der Waals surface area contributed by atoms with Gasteiger partial charge in [-0.25, -0.2) is 0 Å². The smallest absolute Gasteiger partial charge is 0.265 e. The third-order valence-corrected chi connectivity index (χ3v) is 5.22. The van der Waals surface area contributed by atoms with E-state index in [1.807, 2.05) is 16.3 Å². The van der Waals surface area contributed by atoms with Crippen molar-refractivity contribution in [2.75, 3.05) is 13.1 Å². The van der Waals surface area contributed by atoms with Gasteiger partial charge >= 0.3 is 0 Å². The number of halogens is 1. The number of carbonyl (C=O) groups excluding carboxylic acids is 1. The van der Waals surface area contributed by atoms with Gasteiger partial charge < -0.3 is 10.2 Å². The fraction of sp³-hybridized carbons (Fsp3) is 0.643. The highest BCUT2D eigenvalue weighted by Gasteiger charge is 2.35. The third kappa shape index (κ3) is 3.12. The summed E-state index contributed by atoms with van der Waals surface area (Å²) in [7, 11) is 0. The standard InChI is InChI=1S/C14H19ClN2OS/c15-12-6-8-19-13(12)14(18)17(11-4-5-11)9-10-3-1-2-7-16-10/h6,8,10-11,16H,1-5,7,9H2. The molecule has 0 radical (unpaired) electrons. The van der Waals surface area contributed by atoms with Gasteiger partial charge in [0.25, 0.3) is 5.91 Å². The van der Waals surface area contributed by atoms with Crippen molar-refractivity contribution in [3.05, 3.63) is 21.3 Å². The molecule has 3 rings (SSSR count). The number of carbonyl (C=O) groups is 1. The maximum Gasteiger partial charge on any atom is 0.265 e. The highest BCUT2D eigenvalue weighted by atomic mass is 35.5. The van der Waals surface area contributed by atoms with Crippen molar-refractivity contribution in [1.82, 2.24) is 10.2 Å². The van der Waals surface area contributed by atoms with Gasteiger partial charge in [0.1, 0.15) is 4.88 Å². The van der Waals surface area contributed by atoms with Crippen LogP contribution in [-0.4, -0.2) is 36.0 Å². The number of thiophene rings is 1. The topological polar surface area (TPSA) is 32.3 Å². The Morgan fingerprint density at radius 1 is 1.42 bits per heavy atom. The van der Waals surface area contributed by atoms with Crippen LogP contribution in [0.4, 0.5) is 0 Å². The second kappa shape index (κ2) is 5.81. The van der Waals surface area contributed by atoms with Gasteiger partial charge in [-0.3, -0.25) is 4.79 Å². The zero-order valence-corrected chi connectivity index (χ0v) is 12.5. The lowest BCUT2D eigenvalue weighted by atomic mass is 10.0. The van der Waals surface area contributed by atoms with Crippen LogP contribution in [0.3, 0.4) is 0 Å². The van der Waals surface area contributed by atoms with Gasteiger partial charge in [0.2, 0.25) is 0 Å². The number of rotatable bonds is 4. The lowest BCUT2D eigenvalue weighted by Gasteiger charge is -2.30. The van der Waals surface area contributed by atoms with Crippen LogP contribution in [0.25, 0.3) is 0 Å². The number of amides is 1. The van der Waals surface area contributed by atoms with E-state index in [2.05, 4.69) is 5.32 Å². The van der Waals surface area contributed by atoms with Crippen molar-refractivity contribution < 1.29 is 4.79 Å². The molecule has 1 aromatic rings. The average molecular weight is 299 g/mol. The van der Waals surface area contributed by atoms with E-state index in [1.165, 1.54) is 30.6 Å². The largest absolute Gasteiger partial charge is 0.333 e. The molecular weight excluding hydrogens is 280 g/mol. The molecule has 1 amide bonds. The molecule has 2 aliphatic rings. The van der Waals surface area contributed by atoms with Gasteiger partial charge in [0.05, 0.1) is 5.02 Å². The summed E-state index contributed by atoms with van der Waals surface area (Å²) in [5.41, 5.74) is 0. The van der Waals surface area contributed by atoms with Gasteiger partial charge in [-0.1, -0.05) is 18.0 Å². The fourth-order valence-corrected chi connectivity index (χ4v) is 3.77. The maximum absolute atomic E-state index is 12.6. The monoisotopic (exact) mass is 298 g/mol. The lowest BCUT2D eigenvalue weighted by molar-refractivity contribution is 0.0723. The Labute approximate surface area is 122 Å². The molecule has 1 atom stereocenters. The Morgan fingerprint density at radius 2 is 2.26 bits per heavy atom. The fourth-order valence-electron chi connectivity index (χ4n) is 2.68. The van der Waals surface area contributed by atoms with Crippen molar-refractivity contribution in [2.45, 2.75) is 44.2 Å². The Kier molecular flexibility index (Phi) is 4.10. The van der Waals surface area contributed by atoms with E-state index >= 15 is 0 Å². The second-order valence-corrected chi connectivity index (χ2v) is 6.76. The molecule has 1 aliphatic heterocycles. The Balaban J connectivity index is 1.70. The summed E-state index contributed by atoms with van der Waals surface area (Å²) in [5, 5.41) is 6.01. The maximum atomic E-state index is 12.6. The number of nitrogens with zero attached hydrogens (tertiary/aromatic N) is 1. The van der Waals surface area contributed by atoms with Crippen molar-refractivity contribution in [3.8, 4) is 0 Å². The second-order valence-electron chi connectivity index (χ2n) is 5.43. The van der Waals surface area contributed by atoms with Crippen LogP contribution in [0.15, 0.2) is 11.4 Å². The molecule has 2 fully saturated rings. The minimum Gasteiger partial charge on any atom is -0.333 e. The van der Waals surface area contributed by atoms with E-state index in [-0.39, 0.29) is 5.91 Å². The van der Waals surface area contributed by atoms with Crippen LogP contribution in [-0.2, 0) is 0 Å². The molecule has 2 heterocycles. The molecule has 1 N–H and O–H groups in total. The van der Waals surface area contributed by atoms with E-state index < -0.39 is 0 Å². The van der Waals surface area contributed by atoms with Gasteiger partial charge in [0, 0.05) is 18.6 Å². The molecule has 1 saturated heterocycles. The Hall–Kier alpha value is -0.580. The summed E-state index contributed by atoms with van der Waals surface area (Å²) in [6.45, 7) is 1.91. The van der Waals surface area contributed by atoms with E-state index in [4.69, 9.17) is 11.6 Å². The van der Waals surface area contributed by atoms with Crippen LogP contribution in [0.2, 0.25) is 5.02 Å². The molecule has 3 nitrogen and oxygen atoms in total. The number of nitrogens with one attached hydrogen (secondary N) is 1. The van der Waals surface area contributed by atoms with Gasteiger partial charge in [0.15, 0.2) is 0 Å². The normalized spacial score (nSPS) is 23.3. The van der Waals surface area contributed by atoms with Gasteiger partial charge in [-0.2, -0.15) is 0 Å². The summed E-state index contributed by atoms with van der Waals surface area (Å²) in [4.78, 5) is 15.3. The van der Waals surface area contributed by atoms with E-state index in [9.17, 15) is 4.79 Å². The first-order valence-corrected chi connectivity index (χ1v) is 8.29. The molecule has 0 aromatic carbocycles. The molecule has 1 unspecified atom stereocenters. The molecule has 0 bridgehead atoms. The number of hydrogen-bond donors (Lipinski definition) is 1. The first-order valence-electron chi connectivity index (χ1n) is 7.03. The van der Waals surface area contributed by atoms with E-state index in [1.54, 1.807) is 0 Å². The highest BCUT2D eigenvalue weighted by Crippen LogP contribution is 2.32. The number of hydrogen-bond acceptors (Lipinski definition) is 3. The van der Waals surface area contributed by atoms with Crippen LogP contribution in [0.5, 0.6) is 0 Å². The average Bonchev–Trinajstić information content (AvgIpc) is 3.18. The molecule has 1 aromatic heterocycles. The summed E-state index contributed by atoms with van der Waals surface area (Å²) >= 11 is 7.54. The van der Waals surface area contributed by atoms with Crippen molar-refractivity contribution in [3.63, 3.8) is 0 Å². The zero-order chi connectivity index (χ0) is 13.2. The molecular formula is C14H19ClN2OS. The Morgan fingerprint density at radius 3 is 2.84 bits per heavy atom. The molecule has 1 aliphatic carbocycles. The van der Waals surface area contributed by atoms with Crippen molar-refractivity contribution in [2.24, 2.45) is 0 Å². The summed E-state index contributed by atoms with van der Waals surface area (Å²) < 4.78 is 0. The van der Waals surface area contributed by atoms with Gasteiger partial charge in [-0.15, -0.1) is 11.3 Å². The quantitative estimate of drug-likeness (QED) is 0.926. The highest BCUT2D eigenvalue weighted by molar-refractivity contribution is 7.12. The lowest BCUT2D eigenvalue weighted by Crippen LogP contribution is -2.46. The SMILES string of the molecule is O=C(c1sccc1Cl)N(CC1CCCCN1)C1CC1. The van der Waals surface area contributed by atoms with Crippen LogP contribution in [0.1, 0.15) is 41.8 Å². The van der Waals surface area contributed by atoms with Crippen LogP contribution < -0.4 is 5.32 Å². The van der Waals surface area contributed by atoms with E-state index in [0.29, 0.717) is 22.0 Å². The molecule has 19 heavy (non-hydrogen) atoms. The minimum atomic E-state index is 0.120. The molecule has 1 saturated carbocycles. The summed E-state index contributed by atoms with van der Waals surface area (Å²) in [6.07, 6.45) is 5.98. The molecule has 0 spiro atoms. The summed E-state index contributed by atoms with van der Waals surface area (Å²) in [6, 6.07) is 2.70. The molecule has 104 valence electrons. The van der Waals surface area contributed by atoms with Crippen molar-refractivity contribution >= 4 is 28.8 Å². The van der Waals surface area contributed by atoms with E-state index in [0.717, 1.165) is 25.9 Å². The van der Waals surface area contributed by atoms with Crippen molar-refractivity contribution in [1.29, 1.82) is 0 Å². The Bertz CT molecular complexity index is 452. The van der Waals surface area contributed by atoms with Gasteiger partial charge in [-0.05, 0) is 43.7 Å². The first kappa shape index (κ1) is 13.4. The van der Waals surface area contributed by atoms with Crippen LogP contribution >= 0.6 is 22.9 Å². The zero-order valence-electron chi connectivity index (χ0n) is 10.9. The third-order valence-electron chi connectivity index (χ3n) is 3.89. The van der Waals surface area contributed by atoms with Crippen LogP contribution in [0, 0.1) is 0 Å². The predicted molar refractivity (Wildman–Crippen MR) is 79.0 cm³/mol. The summed E-state index contributed by atoms with van der Waals surface area (Å²) in [5.74, 6) is 0.120. The molecule has 5 heteroatoms. The minimum absolute atomic E-state index is 0.120.